The van der Waals surface area contributed by atoms with Gasteiger partial charge in [0.2, 0.25) is 11.7 Å². The Bertz CT molecular complexity index is 1600. The minimum atomic E-state index is -4.45. The van der Waals surface area contributed by atoms with Crippen LogP contribution >= 0.6 is 11.3 Å². The topological polar surface area (TPSA) is 82.9 Å². The number of hydrogen-bond donors (Lipinski definition) is 0. The highest BCUT2D eigenvalue weighted by Crippen LogP contribution is 2.30. The number of aryl methyl sites for hydroxylation is 1. The average Bonchev–Trinajstić information content (AvgIpc) is 3.52. The highest BCUT2D eigenvalue weighted by Gasteiger charge is 2.30. The van der Waals surface area contributed by atoms with E-state index in [1.807, 2.05) is 30.3 Å². The Kier molecular flexibility index (Phi) is 5.85. The number of hydrogen-bond acceptors (Lipinski definition) is 6. The Morgan fingerprint density at radius 1 is 0.943 bits per heavy atom. The lowest BCUT2D eigenvalue weighted by Gasteiger charge is -2.10. The highest BCUT2D eigenvalue weighted by atomic mass is 32.1. The molecule has 0 radical (unpaired) electrons. The first-order chi connectivity index (χ1) is 16.8. The van der Waals surface area contributed by atoms with E-state index in [2.05, 4.69) is 10.1 Å². The molecule has 5 rings (SSSR count). The van der Waals surface area contributed by atoms with Gasteiger partial charge in [-0.15, -0.1) is 11.3 Å². The third-order valence-electron chi connectivity index (χ3n) is 5.54. The van der Waals surface area contributed by atoms with Crippen LogP contribution in [0.2, 0.25) is 0 Å². The van der Waals surface area contributed by atoms with Gasteiger partial charge in [-0.3, -0.25) is 13.9 Å². The smallest absolute Gasteiger partial charge is 0.337 e. The molecule has 35 heavy (non-hydrogen) atoms. The SMILES string of the molecule is O=c1c2sccc2n(Cc2nc(-c3ccc(C(F)(F)F)cc3)no2)c(=O)n1CCc1ccccc1. The summed E-state index contributed by atoms with van der Waals surface area (Å²) in [6.07, 6.45) is -3.94. The summed E-state index contributed by atoms with van der Waals surface area (Å²) in [6.45, 7) is 0.113. The van der Waals surface area contributed by atoms with Crippen molar-refractivity contribution in [2.45, 2.75) is 25.7 Å². The molecule has 3 heterocycles. The Morgan fingerprint density at radius 3 is 2.40 bits per heavy atom. The second kappa shape index (κ2) is 8.99. The number of nitrogens with zero attached hydrogens (tertiary/aromatic N) is 4. The molecule has 0 amide bonds. The standard InChI is InChI=1S/C24H17F3N4O3S/c25-24(26,27)17-8-6-16(7-9-17)21-28-19(34-29-21)14-31-18-11-13-35-20(18)22(32)30(23(31)33)12-10-15-4-2-1-3-5-15/h1-9,11,13H,10,12,14H2. The van der Waals surface area contributed by atoms with Gasteiger partial charge >= 0.3 is 11.9 Å². The van der Waals surface area contributed by atoms with Gasteiger partial charge in [-0.25, -0.2) is 4.79 Å². The van der Waals surface area contributed by atoms with Crippen LogP contribution in [0.25, 0.3) is 21.6 Å². The molecule has 0 fully saturated rings. The molecular weight excluding hydrogens is 481 g/mol. The van der Waals surface area contributed by atoms with Gasteiger partial charge in [-0.1, -0.05) is 47.6 Å². The zero-order valence-corrected chi connectivity index (χ0v) is 18.8. The maximum absolute atomic E-state index is 13.3. The lowest BCUT2D eigenvalue weighted by Crippen LogP contribution is -2.40. The average molecular weight is 498 g/mol. The third-order valence-corrected chi connectivity index (χ3v) is 6.43. The summed E-state index contributed by atoms with van der Waals surface area (Å²) < 4.78 is 46.7. The van der Waals surface area contributed by atoms with Crippen molar-refractivity contribution in [1.29, 1.82) is 0 Å². The van der Waals surface area contributed by atoms with Gasteiger partial charge < -0.3 is 4.52 Å². The van der Waals surface area contributed by atoms with E-state index in [1.165, 1.54) is 32.6 Å². The van der Waals surface area contributed by atoms with Crippen molar-refractivity contribution in [3.05, 3.63) is 104 Å². The van der Waals surface area contributed by atoms with Crippen molar-refractivity contribution in [2.75, 3.05) is 0 Å². The van der Waals surface area contributed by atoms with Crippen LogP contribution in [-0.2, 0) is 25.7 Å². The minimum absolute atomic E-state index is 0.0859. The normalized spacial score (nSPS) is 11.9. The lowest BCUT2D eigenvalue weighted by molar-refractivity contribution is -0.137. The van der Waals surface area contributed by atoms with E-state index in [-0.39, 0.29) is 30.4 Å². The largest absolute Gasteiger partial charge is 0.416 e. The van der Waals surface area contributed by atoms with E-state index >= 15 is 0 Å². The van der Waals surface area contributed by atoms with Crippen LogP contribution in [0.1, 0.15) is 17.0 Å². The Hall–Kier alpha value is -3.99. The van der Waals surface area contributed by atoms with E-state index in [9.17, 15) is 22.8 Å². The van der Waals surface area contributed by atoms with Crippen LogP contribution in [0.3, 0.4) is 0 Å². The van der Waals surface area contributed by atoms with E-state index in [4.69, 9.17) is 4.52 Å². The summed E-state index contributed by atoms with van der Waals surface area (Å²) in [5, 5.41) is 5.57. The van der Waals surface area contributed by atoms with Crippen LogP contribution in [0.15, 0.2) is 80.2 Å². The summed E-state index contributed by atoms with van der Waals surface area (Å²) in [7, 11) is 0. The van der Waals surface area contributed by atoms with Crippen LogP contribution in [0, 0.1) is 0 Å². The van der Waals surface area contributed by atoms with Gasteiger partial charge in [-0.2, -0.15) is 18.2 Å². The van der Waals surface area contributed by atoms with Gasteiger partial charge in [0, 0.05) is 12.1 Å². The second-order valence-corrected chi connectivity index (χ2v) is 8.70. The molecule has 0 aliphatic heterocycles. The molecule has 0 saturated carbocycles. The minimum Gasteiger partial charge on any atom is -0.337 e. The number of aromatic nitrogens is 4. The first-order valence-electron chi connectivity index (χ1n) is 10.6. The molecule has 7 nitrogen and oxygen atoms in total. The number of benzene rings is 2. The molecule has 178 valence electrons. The molecule has 0 N–H and O–H groups in total. The molecule has 2 aromatic carbocycles. The van der Waals surface area contributed by atoms with Crippen molar-refractivity contribution in [2.24, 2.45) is 0 Å². The van der Waals surface area contributed by atoms with Crippen LogP contribution in [0.5, 0.6) is 0 Å². The molecule has 0 saturated heterocycles. The number of alkyl halides is 3. The molecule has 0 bridgehead atoms. The van der Waals surface area contributed by atoms with Crippen molar-refractivity contribution >= 4 is 21.6 Å². The quantitative estimate of drug-likeness (QED) is 0.342. The fourth-order valence-corrected chi connectivity index (χ4v) is 4.59. The van der Waals surface area contributed by atoms with Crippen molar-refractivity contribution in [1.82, 2.24) is 19.3 Å². The van der Waals surface area contributed by atoms with E-state index in [0.29, 0.717) is 22.2 Å². The summed E-state index contributed by atoms with van der Waals surface area (Å²) in [4.78, 5) is 30.5. The molecule has 5 aromatic rings. The van der Waals surface area contributed by atoms with Gasteiger partial charge in [0.1, 0.15) is 11.2 Å². The van der Waals surface area contributed by atoms with Crippen LogP contribution in [0.4, 0.5) is 13.2 Å². The molecule has 0 atom stereocenters. The lowest BCUT2D eigenvalue weighted by atomic mass is 10.1. The summed E-state index contributed by atoms with van der Waals surface area (Å²) in [5.74, 6) is 0.184. The van der Waals surface area contributed by atoms with Gasteiger partial charge in [0.25, 0.3) is 5.56 Å². The first-order valence-corrected chi connectivity index (χ1v) is 11.4. The van der Waals surface area contributed by atoms with Gasteiger partial charge in [-0.05, 0) is 35.6 Å². The van der Waals surface area contributed by atoms with Crippen molar-refractivity contribution < 1.29 is 17.7 Å². The molecule has 11 heteroatoms. The summed E-state index contributed by atoms with van der Waals surface area (Å²) in [5.41, 5.74) is 0.141. The molecular formula is C24H17F3N4O3S. The van der Waals surface area contributed by atoms with E-state index in [1.54, 1.807) is 11.4 Å². The Labute approximate surface area is 199 Å². The van der Waals surface area contributed by atoms with Crippen molar-refractivity contribution in [3.63, 3.8) is 0 Å². The second-order valence-electron chi connectivity index (χ2n) is 7.78. The first kappa shape index (κ1) is 22.8. The predicted octanol–water partition coefficient (Wildman–Crippen LogP) is 4.58. The maximum atomic E-state index is 13.3. The summed E-state index contributed by atoms with van der Waals surface area (Å²) in [6, 6.07) is 15.6. The summed E-state index contributed by atoms with van der Waals surface area (Å²) >= 11 is 1.24. The Morgan fingerprint density at radius 2 is 1.69 bits per heavy atom. The third kappa shape index (κ3) is 4.54. The van der Waals surface area contributed by atoms with E-state index in [0.717, 1.165) is 17.7 Å². The Balaban J connectivity index is 1.46. The zero-order chi connectivity index (χ0) is 24.6. The zero-order valence-electron chi connectivity index (χ0n) is 18.0. The molecule has 0 aliphatic carbocycles. The molecule has 0 aliphatic rings. The molecule has 3 aromatic heterocycles. The predicted molar refractivity (Wildman–Crippen MR) is 124 cm³/mol. The fraction of sp³-hybridized carbons (Fsp3) is 0.167. The number of fused-ring (bicyclic) bond motifs is 1. The molecule has 0 unspecified atom stereocenters. The van der Waals surface area contributed by atoms with Crippen molar-refractivity contribution in [3.8, 4) is 11.4 Å². The van der Waals surface area contributed by atoms with Gasteiger partial charge in [0.05, 0.1) is 11.1 Å². The van der Waals surface area contributed by atoms with Gasteiger partial charge in [0.15, 0.2) is 0 Å². The van der Waals surface area contributed by atoms with Crippen LogP contribution < -0.4 is 11.2 Å². The number of halogens is 3. The maximum Gasteiger partial charge on any atom is 0.416 e. The van der Waals surface area contributed by atoms with E-state index < -0.39 is 17.4 Å². The monoisotopic (exact) mass is 498 g/mol. The number of thiophene rings is 1. The highest BCUT2D eigenvalue weighted by molar-refractivity contribution is 7.17. The van der Waals surface area contributed by atoms with Crippen LogP contribution in [-0.4, -0.2) is 19.3 Å². The number of rotatable bonds is 6. The fourth-order valence-electron chi connectivity index (χ4n) is 3.75. The molecule has 0 spiro atoms.